The highest BCUT2D eigenvalue weighted by molar-refractivity contribution is 9.10. The van der Waals surface area contributed by atoms with Gasteiger partial charge in [0.15, 0.2) is 0 Å². The van der Waals surface area contributed by atoms with E-state index in [2.05, 4.69) is 26.2 Å². The predicted octanol–water partition coefficient (Wildman–Crippen LogP) is 4.83. The van der Waals surface area contributed by atoms with Crippen molar-refractivity contribution >= 4 is 34.0 Å². The fourth-order valence-electron chi connectivity index (χ4n) is 2.13. The van der Waals surface area contributed by atoms with E-state index >= 15 is 0 Å². The van der Waals surface area contributed by atoms with Gasteiger partial charge in [-0.3, -0.25) is 5.32 Å². The van der Waals surface area contributed by atoms with Crippen LogP contribution in [0.25, 0.3) is 0 Å². The number of ether oxygens (including phenoxy) is 2. The number of hydrogen-bond donors (Lipinski definition) is 3. The number of aromatic hydroxyl groups is 1. The molecule has 0 aliphatic heterocycles. The number of rotatable bonds is 4. The van der Waals surface area contributed by atoms with Crippen LogP contribution in [-0.2, 0) is 9.47 Å². The third-order valence-corrected chi connectivity index (χ3v) is 3.91. The zero-order valence-corrected chi connectivity index (χ0v) is 19.2. The van der Waals surface area contributed by atoms with Gasteiger partial charge >= 0.3 is 12.2 Å². The fraction of sp³-hybridized carbons (Fsp3) is 0.550. The van der Waals surface area contributed by atoms with Gasteiger partial charge in [-0.15, -0.1) is 0 Å². The molecule has 1 atom stereocenters. The zero-order chi connectivity index (χ0) is 22.4. The molecular formula is C20H29BrN2O6. The Morgan fingerprint density at radius 3 is 2.24 bits per heavy atom. The molecule has 2 amide bonds. The van der Waals surface area contributed by atoms with Gasteiger partial charge in [0.25, 0.3) is 0 Å². The molecule has 29 heavy (non-hydrogen) atoms. The molecule has 1 rings (SSSR count). The summed E-state index contributed by atoms with van der Waals surface area (Å²) in [6.45, 7) is 10.2. The van der Waals surface area contributed by atoms with Gasteiger partial charge in [0.2, 0.25) is 0 Å². The molecule has 0 fully saturated rings. The number of amidine groups is 1. The fourth-order valence-corrected chi connectivity index (χ4v) is 2.53. The molecule has 1 unspecified atom stereocenters. The third kappa shape index (κ3) is 10.3. The first-order chi connectivity index (χ1) is 13.2. The first-order valence-corrected chi connectivity index (χ1v) is 9.92. The molecule has 0 aromatic heterocycles. The van der Waals surface area contributed by atoms with E-state index < -0.39 is 29.5 Å². The van der Waals surface area contributed by atoms with E-state index in [1.54, 1.807) is 53.7 Å². The summed E-state index contributed by atoms with van der Waals surface area (Å²) >= 11 is 3.20. The maximum atomic E-state index is 12.1. The number of nitrogens with zero attached hydrogens (tertiary/aromatic N) is 1. The molecule has 0 radical (unpaired) electrons. The number of aliphatic imine (C=N–C) groups is 1. The summed E-state index contributed by atoms with van der Waals surface area (Å²) in [5.74, 6) is 0.0742. The van der Waals surface area contributed by atoms with Gasteiger partial charge in [0, 0.05) is 6.42 Å². The van der Waals surface area contributed by atoms with Crippen molar-refractivity contribution in [1.29, 1.82) is 0 Å². The van der Waals surface area contributed by atoms with Crippen molar-refractivity contribution in [3.63, 3.8) is 0 Å². The van der Waals surface area contributed by atoms with Crippen molar-refractivity contribution in [1.82, 2.24) is 5.32 Å². The summed E-state index contributed by atoms with van der Waals surface area (Å²) in [7, 11) is 0. The largest absolute Gasteiger partial charge is 0.507 e. The lowest BCUT2D eigenvalue weighted by molar-refractivity contribution is 0.0560. The highest BCUT2D eigenvalue weighted by Gasteiger charge is 2.21. The Bertz CT molecular complexity index is 765. The molecule has 0 saturated carbocycles. The van der Waals surface area contributed by atoms with Crippen LogP contribution in [0.15, 0.2) is 27.7 Å². The lowest BCUT2D eigenvalue weighted by atomic mass is 10.0. The molecule has 0 heterocycles. The minimum Gasteiger partial charge on any atom is -0.507 e. The number of nitrogens with one attached hydrogen (secondary N) is 1. The van der Waals surface area contributed by atoms with Gasteiger partial charge < -0.3 is 19.7 Å². The second-order valence-electron chi connectivity index (χ2n) is 8.43. The molecule has 0 aliphatic rings. The highest BCUT2D eigenvalue weighted by atomic mass is 79.9. The molecule has 3 N–H and O–H groups in total. The van der Waals surface area contributed by atoms with Crippen molar-refractivity contribution in [3.05, 3.63) is 28.2 Å². The first-order valence-electron chi connectivity index (χ1n) is 9.13. The van der Waals surface area contributed by atoms with E-state index in [1.807, 2.05) is 0 Å². The second-order valence-corrected chi connectivity index (χ2v) is 9.29. The summed E-state index contributed by atoms with van der Waals surface area (Å²) < 4.78 is 10.8. The molecule has 0 aliphatic carbocycles. The Morgan fingerprint density at radius 1 is 1.14 bits per heavy atom. The van der Waals surface area contributed by atoms with Crippen molar-refractivity contribution in [3.8, 4) is 5.75 Å². The van der Waals surface area contributed by atoms with Crippen LogP contribution < -0.4 is 5.32 Å². The van der Waals surface area contributed by atoms with Crippen molar-refractivity contribution < 1.29 is 29.3 Å². The maximum absolute atomic E-state index is 12.1. The maximum Gasteiger partial charge on any atom is 0.435 e. The van der Waals surface area contributed by atoms with Crippen LogP contribution in [-0.4, -0.2) is 39.4 Å². The number of carbonyl (C=O) groups is 2. The molecule has 9 heteroatoms. The number of phenols is 1. The van der Waals surface area contributed by atoms with E-state index in [4.69, 9.17) is 9.47 Å². The molecular weight excluding hydrogens is 444 g/mol. The van der Waals surface area contributed by atoms with Crippen LogP contribution in [0.5, 0.6) is 5.75 Å². The van der Waals surface area contributed by atoms with Crippen molar-refractivity contribution in [2.45, 2.75) is 71.7 Å². The number of aliphatic hydroxyl groups is 1. The number of phenolic OH excluding ortho intramolecular Hbond substituents is 1. The van der Waals surface area contributed by atoms with Crippen LogP contribution >= 0.6 is 15.9 Å². The van der Waals surface area contributed by atoms with Gasteiger partial charge in [0.05, 0.1) is 10.6 Å². The molecule has 0 saturated heterocycles. The Kier molecular flexibility index (Phi) is 8.65. The number of halogens is 1. The summed E-state index contributed by atoms with van der Waals surface area (Å²) in [6.07, 6.45) is -2.28. The number of hydrogen-bond acceptors (Lipinski definition) is 6. The second kappa shape index (κ2) is 10.1. The van der Waals surface area contributed by atoms with E-state index in [0.717, 1.165) is 0 Å². The first kappa shape index (κ1) is 24.9. The van der Waals surface area contributed by atoms with Crippen molar-refractivity contribution in [2.75, 3.05) is 0 Å². The minimum atomic E-state index is -0.906. The normalized spacial score (nSPS) is 13.6. The quantitative estimate of drug-likeness (QED) is 0.426. The number of benzene rings is 1. The molecule has 1 aromatic rings. The van der Waals surface area contributed by atoms with Crippen molar-refractivity contribution in [2.24, 2.45) is 4.99 Å². The Hall–Kier alpha value is -2.13. The third-order valence-electron chi connectivity index (χ3n) is 3.28. The number of aliphatic hydroxyl groups excluding tert-OH is 1. The highest BCUT2D eigenvalue weighted by Crippen LogP contribution is 2.28. The van der Waals surface area contributed by atoms with Crippen LogP contribution in [0.4, 0.5) is 9.59 Å². The van der Waals surface area contributed by atoms with Gasteiger partial charge in [0.1, 0.15) is 22.8 Å². The lowest BCUT2D eigenvalue weighted by Gasteiger charge is -2.21. The van der Waals surface area contributed by atoms with E-state index in [-0.39, 0.29) is 24.4 Å². The van der Waals surface area contributed by atoms with Crippen LogP contribution in [0.3, 0.4) is 0 Å². The molecule has 0 spiro atoms. The number of alkyl carbamates (subject to hydrolysis) is 1. The van der Waals surface area contributed by atoms with Crippen LogP contribution in [0.2, 0.25) is 0 Å². The number of carbonyl (C=O) groups excluding carboxylic acids is 2. The molecule has 8 nitrogen and oxygen atoms in total. The topological polar surface area (TPSA) is 117 Å². The Morgan fingerprint density at radius 2 is 1.72 bits per heavy atom. The zero-order valence-electron chi connectivity index (χ0n) is 17.6. The average Bonchev–Trinajstić information content (AvgIpc) is 2.51. The SMILES string of the molecule is CC(C)(C)OC(=O)N=C(CCC(O)c1ccc(O)c(Br)c1)NC(=O)OC(C)(C)C. The molecule has 0 bridgehead atoms. The summed E-state index contributed by atoms with van der Waals surface area (Å²) in [5.41, 5.74) is -0.905. The summed E-state index contributed by atoms with van der Waals surface area (Å²) in [5, 5.41) is 22.4. The minimum absolute atomic E-state index is 0.0189. The van der Waals surface area contributed by atoms with E-state index in [1.165, 1.54) is 6.07 Å². The average molecular weight is 473 g/mol. The smallest absolute Gasteiger partial charge is 0.435 e. The summed E-state index contributed by atoms with van der Waals surface area (Å²) in [6, 6.07) is 4.62. The monoisotopic (exact) mass is 472 g/mol. The standard InChI is InChI=1S/C20H29BrN2O6/c1-19(2,3)28-17(26)22-16(23-18(27)29-20(4,5)6)10-9-14(24)12-7-8-15(25)13(21)11-12/h7-8,11,14,24-25H,9-10H2,1-6H3,(H,22,23,26,27). The van der Waals surface area contributed by atoms with Crippen LogP contribution in [0, 0.1) is 0 Å². The van der Waals surface area contributed by atoms with Gasteiger partial charge in [-0.25, -0.2) is 9.59 Å². The van der Waals surface area contributed by atoms with Gasteiger partial charge in [-0.05, 0) is 81.6 Å². The van der Waals surface area contributed by atoms with Gasteiger partial charge in [-0.1, -0.05) is 6.07 Å². The summed E-state index contributed by atoms with van der Waals surface area (Å²) in [4.78, 5) is 27.9. The van der Waals surface area contributed by atoms with E-state index in [0.29, 0.717) is 10.0 Å². The predicted molar refractivity (Wildman–Crippen MR) is 113 cm³/mol. The lowest BCUT2D eigenvalue weighted by Crippen LogP contribution is -2.37. The Balaban J connectivity index is 2.90. The van der Waals surface area contributed by atoms with Crippen LogP contribution in [0.1, 0.15) is 66.1 Å². The number of amides is 2. The van der Waals surface area contributed by atoms with Gasteiger partial charge in [-0.2, -0.15) is 4.99 Å². The molecule has 162 valence electrons. The van der Waals surface area contributed by atoms with E-state index in [9.17, 15) is 19.8 Å². The Labute approximate surface area is 179 Å². The molecule has 1 aromatic carbocycles.